The monoisotopic (exact) mass is 768 g/mol. The summed E-state index contributed by atoms with van der Waals surface area (Å²) in [5.41, 5.74) is 1.27. The van der Waals surface area contributed by atoms with E-state index < -0.39 is 0 Å². The molecule has 0 atom stereocenters. The summed E-state index contributed by atoms with van der Waals surface area (Å²) in [6, 6.07) is 20.3. The van der Waals surface area contributed by atoms with Crippen molar-refractivity contribution < 1.29 is 9.47 Å². The van der Waals surface area contributed by atoms with Crippen LogP contribution in [-0.2, 0) is 0 Å². The quantitative estimate of drug-likeness (QED) is 0.172. The van der Waals surface area contributed by atoms with Gasteiger partial charge in [0.25, 0.3) is 0 Å². The lowest BCUT2D eigenvalue weighted by molar-refractivity contribution is 0.140. The first-order chi connectivity index (χ1) is 18.5. The van der Waals surface area contributed by atoms with Crippen molar-refractivity contribution in [1.29, 1.82) is 0 Å². The van der Waals surface area contributed by atoms with E-state index in [1.54, 1.807) is 0 Å². The minimum atomic E-state index is 0.652. The molecule has 0 amide bonds. The van der Waals surface area contributed by atoms with E-state index in [-0.39, 0.29) is 0 Å². The van der Waals surface area contributed by atoms with Gasteiger partial charge < -0.3 is 14.4 Å². The molecule has 3 aromatic rings. The molecule has 8 heteroatoms. The average Bonchev–Trinajstić information content (AvgIpc) is 2.90. The molecule has 4 nitrogen and oxygen atoms in total. The van der Waals surface area contributed by atoms with Crippen molar-refractivity contribution in [3.63, 3.8) is 0 Å². The number of halogens is 4. The van der Waals surface area contributed by atoms with Crippen molar-refractivity contribution in [3.05, 3.63) is 90.2 Å². The summed E-state index contributed by atoms with van der Waals surface area (Å²) in [6.45, 7) is 7.40. The van der Waals surface area contributed by atoms with Crippen molar-refractivity contribution in [3.8, 4) is 17.2 Å². The molecular formula is C30H32Br4N2O2. The molecule has 1 aliphatic rings. The summed E-state index contributed by atoms with van der Waals surface area (Å²) in [5, 5.41) is 0. The van der Waals surface area contributed by atoms with Gasteiger partial charge in [-0.2, -0.15) is 0 Å². The van der Waals surface area contributed by atoms with Gasteiger partial charge in [-0.1, -0.05) is 74.3 Å². The molecule has 0 aliphatic carbocycles. The summed E-state index contributed by atoms with van der Waals surface area (Å²) in [4.78, 5) is 5.12. The predicted molar refractivity (Wildman–Crippen MR) is 171 cm³/mol. The first kappa shape index (κ1) is 29.8. The molecule has 202 valence electrons. The number of nitrogens with zero attached hydrogens (tertiary/aromatic N) is 2. The Morgan fingerprint density at radius 1 is 0.711 bits per heavy atom. The zero-order valence-corrected chi connectivity index (χ0v) is 27.6. The van der Waals surface area contributed by atoms with Gasteiger partial charge in [-0.15, -0.1) is 0 Å². The van der Waals surface area contributed by atoms with E-state index in [1.807, 2.05) is 30.3 Å². The SMILES string of the molecule is Brc1ccc(Oc2cc(Br)cc(Br)c2OCCCCCN2CCN(C/C=C/c3ccccc3)CC2)c(Br)c1. The lowest BCUT2D eigenvalue weighted by Gasteiger charge is -2.34. The summed E-state index contributed by atoms with van der Waals surface area (Å²) >= 11 is 14.3. The van der Waals surface area contributed by atoms with Crippen LogP contribution in [0.5, 0.6) is 17.2 Å². The highest BCUT2D eigenvalue weighted by molar-refractivity contribution is 9.11. The number of hydrogen-bond acceptors (Lipinski definition) is 4. The van der Waals surface area contributed by atoms with Gasteiger partial charge in [0.05, 0.1) is 15.6 Å². The zero-order valence-electron chi connectivity index (χ0n) is 21.2. The van der Waals surface area contributed by atoms with Crippen LogP contribution >= 0.6 is 63.7 Å². The van der Waals surface area contributed by atoms with Gasteiger partial charge >= 0.3 is 0 Å². The van der Waals surface area contributed by atoms with Crippen LogP contribution in [0.3, 0.4) is 0 Å². The second-order valence-corrected chi connectivity index (χ2v) is 12.8. The molecule has 1 heterocycles. The van der Waals surface area contributed by atoms with E-state index in [0.29, 0.717) is 12.4 Å². The van der Waals surface area contributed by atoms with E-state index in [1.165, 1.54) is 12.0 Å². The highest BCUT2D eigenvalue weighted by Crippen LogP contribution is 2.42. The summed E-state index contributed by atoms with van der Waals surface area (Å²) in [5.74, 6) is 2.13. The van der Waals surface area contributed by atoms with Crippen molar-refractivity contribution in [2.24, 2.45) is 0 Å². The van der Waals surface area contributed by atoms with Crippen LogP contribution in [-0.4, -0.2) is 55.7 Å². The van der Waals surface area contributed by atoms with Gasteiger partial charge in [0, 0.05) is 41.7 Å². The van der Waals surface area contributed by atoms with Crippen LogP contribution in [0.25, 0.3) is 6.08 Å². The van der Waals surface area contributed by atoms with Crippen molar-refractivity contribution >= 4 is 69.8 Å². The highest BCUT2D eigenvalue weighted by atomic mass is 79.9. The van der Waals surface area contributed by atoms with Gasteiger partial charge in [-0.25, -0.2) is 0 Å². The van der Waals surface area contributed by atoms with Crippen LogP contribution in [0.15, 0.2) is 84.6 Å². The van der Waals surface area contributed by atoms with Gasteiger partial charge in [0.2, 0.25) is 0 Å². The molecule has 0 bridgehead atoms. The van der Waals surface area contributed by atoms with Crippen molar-refractivity contribution in [1.82, 2.24) is 9.80 Å². The Hall–Kier alpha value is -1.16. The Kier molecular flexibility index (Phi) is 12.2. The summed E-state index contributed by atoms with van der Waals surface area (Å²) in [7, 11) is 0. The van der Waals surface area contributed by atoms with Crippen LogP contribution in [0.4, 0.5) is 0 Å². The summed E-state index contributed by atoms with van der Waals surface area (Å²) < 4.78 is 16.0. The standard InChI is InChI=1S/C30H32Br4N2O2/c31-24-11-12-28(26(33)20-24)38-29-22-25(32)21-27(34)30(29)37-19-6-2-5-13-35-15-17-36(18-16-35)14-7-10-23-8-3-1-4-9-23/h1,3-4,7-12,20-22H,2,5-6,13-19H2/b10-7+. The maximum Gasteiger partial charge on any atom is 0.176 e. The number of piperazine rings is 1. The lowest BCUT2D eigenvalue weighted by Crippen LogP contribution is -2.46. The Balaban J connectivity index is 1.15. The highest BCUT2D eigenvalue weighted by Gasteiger charge is 2.16. The largest absolute Gasteiger partial charge is 0.488 e. The average molecular weight is 772 g/mol. The van der Waals surface area contributed by atoms with Crippen LogP contribution in [0, 0.1) is 0 Å². The maximum absolute atomic E-state index is 6.20. The number of rotatable bonds is 12. The fourth-order valence-electron chi connectivity index (χ4n) is 4.32. The third-order valence-electron chi connectivity index (χ3n) is 6.39. The summed E-state index contributed by atoms with van der Waals surface area (Å²) in [6.07, 6.45) is 7.84. The Morgan fingerprint density at radius 3 is 2.21 bits per heavy atom. The third kappa shape index (κ3) is 9.49. The minimum absolute atomic E-state index is 0.652. The van der Waals surface area contributed by atoms with Crippen LogP contribution < -0.4 is 9.47 Å². The van der Waals surface area contributed by atoms with Crippen molar-refractivity contribution in [2.75, 3.05) is 45.9 Å². The predicted octanol–water partition coefficient (Wildman–Crippen LogP) is 9.41. The van der Waals surface area contributed by atoms with E-state index in [4.69, 9.17) is 9.47 Å². The molecular weight excluding hydrogens is 740 g/mol. The van der Waals surface area contributed by atoms with E-state index >= 15 is 0 Å². The molecule has 0 spiro atoms. The third-order valence-corrected chi connectivity index (χ3v) is 8.55. The molecule has 0 unspecified atom stereocenters. The smallest absolute Gasteiger partial charge is 0.176 e. The normalized spacial score (nSPS) is 14.7. The molecule has 0 radical (unpaired) electrons. The maximum atomic E-state index is 6.20. The van der Waals surface area contributed by atoms with Crippen LogP contribution in [0.1, 0.15) is 24.8 Å². The fraction of sp³-hybridized carbons (Fsp3) is 0.333. The zero-order chi connectivity index (χ0) is 26.7. The fourth-order valence-corrected chi connectivity index (χ4v) is 6.74. The van der Waals surface area contributed by atoms with Gasteiger partial charge in [-0.3, -0.25) is 4.90 Å². The number of hydrogen-bond donors (Lipinski definition) is 0. The molecule has 0 N–H and O–H groups in total. The van der Waals surface area contributed by atoms with Gasteiger partial charge in [0.15, 0.2) is 11.5 Å². The molecule has 3 aromatic carbocycles. The molecule has 1 aliphatic heterocycles. The molecule has 0 saturated carbocycles. The second-order valence-electron chi connectivity index (χ2n) is 9.26. The van der Waals surface area contributed by atoms with Gasteiger partial charge in [0.1, 0.15) is 5.75 Å². The van der Waals surface area contributed by atoms with Gasteiger partial charge in [-0.05, 0) is 93.6 Å². The first-order valence-electron chi connectivity index (χ1n) is 12.9. The van der Waals surface area contributed by atoms with Crippen molar-refractivity contribution in [2.45, 2.75) is 19.3 Å². The minimum Gasteiger partial charge on any atom is -0.488 e. The van der Waals surface area contributed by atoms with E-state index in [0.717, 1.165) is 81.5 Å². The topological polar surface area (TPSA) is 24.9 Å². The Morgan fingerprint density at radius 2 is 1.45 bits per heavy atom. The number of benzene rings is 3. The molecule has 4 rings (SSSR count). The number of ether oxygens (including phenoxy) is 2. The molecule has 38 heavy (non-hydrogen) atoms. The molecule has 1 saturated heterocycles. The van der Waals surface area contributed by atoms with E-state index in [9.17, 15) is 0 Å². The Labute approximate surface area is 259 Å². The molecule has 0 aromatic heterocycles. The van der Waals surface area contributed by atoms with Crippen LogP contribution in [0.2, 0.25) is 0 Å². The first-order valence-corrected chi connectivity index (χ1v) is 16.1. The van der Waals surface area contributed by atoms with E-state index in [2.05, 4.69) is 116 Å². The lowest BCUT2D eigenvalue weighted by atomic mass is 10.2. The molecule has 1 fully saturated rings. The Bertz CT molecular complexity index is 1200. The second kappa shape index (κ2) is 15.6. The number of unbranched alkanes of at least 4 members (excludes halogenated alkanes) is 2.